The van der Waals surface area contributed by atoms with E-state index in [0.717, 1.165) is 27.9 Å². The van der Waals surface area contributed by atoms with Crippen molar-refractivity contribution in [1.82, 2.24) is 25.3 Å². The molecule has 3 aromatic heterocycles. The summed E-state index contributed by atoms with van der Waals surface area (Å²) in [5.74, 6) is 1.45. The van der Waals surface area contributed by atoms with Crippen LogP contribution in [0.4, 0.5) is 10.7 Å². The van der Waals surface area contributed by atoms with Crippen LogP contribution in [0.1, 0.15) is 6.92 Å². The molecule has 4 aromatic rings. The van der Waals surface area contributed by atoms with Crippen molar-refractivity contribution in [3.63, 3.8) is 0 Å². The first-order valence-electron chi connectivity index (χ1n) is 9.47. The van der Waals surface area contributed by atoms with Crippen LogP contribution in [0.25, 0.3) is 33.4 Å². The molecule has 1 aromatic carbocycles. The number of carbonyl (C=O) groups excluding carboxylic acids is 1. The smallest absolute Gasteiger partial charge is 0.321 e. The molecule has 0 saturated carbocycles. The average Bonchev–Trinajstić information content (AvgIpc) is 3.39. The summed E-state index contributed by atoms with van der Waals surface area (Å²) in [6.07, 6.45) is 3.47. The number of amides is 2. The number of anilines is 1. The number of ether oxygens (including phenoxy) is 2. The zero-order chi connectivity index (χ0) is 20.5. The van der Waals surface area contributed by atoms with Crippen LogP contribution in [-0.2, 0) is 0 Å². The van der Waals surface area contributed by atoms with Crippen molar-refractivity contribution in [2.45, 2.75) is 6.92 Å². The Morgan fingerprint density at radius 2 is 2.10 bits per heavy atom. The van der Waals surface area contributed by atoms with Crippen molar-refractivity contribution in [1.29, 1.82) is 0 Å². The van der Waals surface area contributed by atoms with E-state index in [2.05, 4.69) is 30.6 Å². The van der Waals surface area contributed by atoms with Gasteiger partial charge in [0, 0.05) is 30.1 Å². The highest BCUT2D eigenvalue weighted by Gasteiger charge is 2.18. The summed E-state index contributed by atoms with van der Waals surface area (Å²) in [6, 6.07) is 11.2. The zero-order valence-electron chi connectivity index (χ0n) is 16.1. The van der Waals surface area contributed by atoms with Gasteiger partial charge in [0.2, 0.25) is 12.7 Å². The third-order valence-electron chi connectivity index (χ3n) is 4.66. The van der Waals surface area contributed by atoms with Gasteiger partial charge in [-0.25, -0.2) is 14.8 Å². The highest BCUT2D eigenvalue weighted by atomic mass is 16.7. The normalized spacial score (nSPS) is 12.2. The largest absolute Gasteiger partial charge is 0.452 e. The summed E-state index contributed by atoms with van der Waals surface area (Å²) >= 11 is 0. The molecule has 150 valence electrons. The molecule has 0 saturated heterocycles. The highest BCUT2D eigenvalue weighted by molar-refractivity contribution is 5.98. The number of fused-ring (bicyclic) bond motifs is 2. The lowest BCUT2D eigenvalue weighted by molar-refractivity contribution is 0.171. The average molecular weight is 402 g/mol. The Kier molecular flexibility index (Phi) is 4.40. The summed E-state index contributed by atoms with van der Waals surface area (Å²) < 4.78 is 10.8. The van der Waals surface area contributed by atoms with E-state index in [1.54, 1.807) is 12.4 Å². The lowest BCUT2D eigenvalue weighted by Crippen LogP contribution is -2.28. The summed E-state index contributed by atoms with van der Waals surface area (Å²) in [5.41, 5.74) is 4.85. The van der Waals surface area contributed by atoms with Gasteiger partial charge in [-0.3, -0.25) is 10.3 Å². The standard InChI is InChI=1S/C21H18N6O3/c1-2-22-21(28)27-20-25-16-8-12(13-9-17-19(24-10-13)30-11-29-17)7-14(18(16)26-20)15-5-3-4-6-23-15/h3-10H,2,11H2,1H3,(H3,22,25,26,27,28). The Morgan fingerprint density at radius 1 is 1.17 bits per heavy atom. The van der Waals surface area contributed by atoms with E-state index in [0.29, 0.717) is 29.6 Å². The molecule has 0 spiro atoms. The fourth-order valence-electron chi connectivity index (χ4n) is 3.32. The third kappa shape index (κ3) is 3.26. The predicted octanol–water partition coefficient (Wildman–Crippen LogP) is 3.56. The summed E-state index contributed by atoms with van der Waals surface area (Å²) in [6.45, 7) is 2.54. The SMILES string of the molecule is CCNC(=O)Nc1nc2c(-c3ccccn3)cc(-c3cnc4c(c3)OCO4)cc2[nH]1. The van der Waals surface area contributed by atoms with Gasteiger partial charge in [-0.15, -0.1) is 0 Å². The van der Waals surface area contributed by atoms with Gasteiger partial charge in [-0.2, -0.15) is 0 Å². The summed E-state index contributed by atoms with van der Waals surface area (Å²) in [7, 11) is 0. The maximum atomic E-state index is 11.9. The molecular formula is C21H18N6O3. The molecule has 0 unspecified atom stereocenters. The topological polar surface area (TPSA) is 114 Å². The van der Waals surface area contributed by atoms with E-state index in [1.165, 1.54) is 0 Å². The fourth-order valence-corrected chi connectivity index (χ4v) is 3.32. The maximum Gasteiger partial charge on any atom is 0.321 e. The minimum absolute atomic E-state index is 0.166. The van der Waals surface area contributed by atoms with Gasteiger partial charge in [0.15, 0.2) is 5.75 Å². The van der Waals surface area contributed by atoms with Gasteiger partial charge in [-0.1, -0.05) is 6.07 Å². The fraction of sp³-hybridized carbons (Fsp3) is 0.143. The molecule has 9 nitrogen and oxygen atoms in total. The van der Waals surface area contributed by atoms with Crippen LogP contribution in [0, 0.1) is 0 Å². The molecule has 3 N–H and O–H groups in total. The van der Waals surface area contributed by atoms with Crippen molar-refractivity contribution >= 4 is 23.0 Å². The second kappa shape index (κ2) is 7.36. The highest BCUT2D eigenvalue weighted by Crippen LogP contribution is 2.37. The lowest BCUT2D eigenvalue weighted by atomic mass is 10.0. The van der Waals surface area contributed by atoms with Gasteiger partial charge >= 0.3 is 6.03 Å². The minimum atomic E-state index is -0.323. The first-order chi connectivity index (χ1) is 14.7. The van der Waals surface area contributed by atoms with E-state index >= 15 is 0 Å². The third-order valence-corrected chi connectivity index (χ3v) is 4.66. The van der Waals surface area contributed by atoms with E-state index in [9.17, 15) is 4.79 Å². The van der Waals surface area contributed by atoms with Gasteiger partial charge < -0.3 is 19.8 Å². The lowest BCUT2D eigenvalue weighted by Gasteiger charge is -2.07. The Hall–Kier alpha value is -4.14. The van der Waals surface area contributed by atoms with Crippen LogP contribution >= 0.6 is 0 Å². The number of benzene rings is 1. The van der Waals surface area contributed by atoms with Gasteiger partial charge in [0.1, 0.15) is 0 Å². The molecule has 0 radical (unpaired) electrons. The first kappa shape index (κ1) is 17.9. The number of hydrogen-bond donors (Lipinski definition) is 3. The molecule has 30 heavy (non-hydrogen) atoms. The monoisotopic (exact) mass is 402 g/mol. The molecular weight excluding hydrogens is 384 g/mol. The Balaban J connectivity index is 1.64. The number of pyridine rings is 2. The Labute approximate surface area is 171 Å². The van der Waals surface area contributed by atoms with Crippen molar-refractivity contribution in [3.8, 4) is 34.0 Å². The van der Waals surface area contributed by atoms with Crippen molar-refractivity contribution in [2.75, 3.05) is 18.7 Å². The van der Waals surface area contributed by atoms with Gasteiger partial charge in [0.05, 0.1) is 16.7 Å². The number of carbonyl (C=O) groups is 1. The number of nitrogens with one attached hydrogen (secondary N) is 3. The van der Waals surface area contributed by atoms with Crippen molar-refractivity contribution in [2.24, 2.45) is 0 Å². The number of rotatable bonds is 4. The Bertz CT molecular complexity index is 1240. The number of urea groups is 1. The molecule has 4 heterocycles. The van der Waals surface area contributed by atoms with Crippen LogP contribution in [0.2, 0.25) is 0 Å². The summed E-state index contributed by atoms with van der Waals surface area (Å²) in [5, 5.41) is 5.41. The zero-order valence-corrected chi connectivity index (χ0v) is 16.1. The van der Waals surface area contributed by atoms with E-state index in [-0.39, 0.29) is 12.8 Å². The van der Waals surface area contributed by atoms with Crippen LogP contribution in [0.5, 0.6) is 11.6 Å². The molecule has 1 aliphatic rings. The van der Waals surface area contributed by atoms with Gasteiger partial charge in [-0.05, 0) is 42.8 Å². The number of imidazole rings is 1. The maximum absolute atomic E-state index is 11.9. The number of hydrogen-bond acceptors (Lipinski definition) is 6. The molecule has 1 aliphatic heterocycles. The van der Waals surface area contributed by atoms with E-state index < -0.39 is 0 Å². The van der Waals surface area contributed by atoms with Crippen molar-refractivity contribution in [3.05, 3.63) is 48.8 Å². The van der Waals surface area contributed by atoms with Crippen molar-refractivity contribution < 1.29 is 14.3 Å². The number of aromatic amines is 1. The first-order valence-corrected chi connectivity index (χ1v) is 9.47. The Morgan fingerprint density at radius 3 is 2.93 bits per heavy atom. The quantitative estimate of drug-likeness (QED) is 0.481. The molecule has 9 heteroatoms. The molecule has 0 bridgehead atoms. The van der Waals surface area contributed by atoms with Crippen LogP contribution in [0.3, 0.4) is 0 Å². The molecule has 2 amide bonds. The van der Waals surface area contributed by atoms with Gasteiger partial charge in [0.25, 0.3) is 5.88 Å². The number of nitrogens with zero attached hydrogens (tertiary/aromatic N) is 3. The van der Waals surface area contributed by atoms with Crippen LogP contribution in [-0.4, -0.2) is 39.3 Å². The summed E-state index contributed by atoms with van der Waals surface area (Å²) in [4.78, 5) is 28.5. The van der Waals surface area contributed by atoms with Crippen LogP contribution < -0.4 is 20.1 Å². The second-order valence-corrected chi connectivity index (χ2v) is 6.64. The molecule has 5 rings (SSSR count). The molecule has 0 aliphatic carbocycles. The molecule has 0 atom stereocenters. The predicted molar refractivity (Wildman–Crippen MR) is 111 cm³/mol. The molecule has 0 fully saturated rings. The minimum Gasteiger partial charge on any atom is -0.452 e. The second-order valence-electron chi connectivity index (χ2n) is 6.64. The van der Waals surface area contributed by atoms with E-state index in [1.807, 2.05) is 43.3 Å². The number of aromatic nitrogens is 4. The van der Waals surface area contributed by atoms with E-state index in [4.69, 9.17) is 9.47 Å². The number of H-pyrrole nitrogens is 1. The van der Waals surface area contributed by atoms with Crippen LogP contribution in [0.15, 0.2) is 48.8 Å².